The fourth-order valence-corrected chi connectivity index (χ4v) is 5.68. The lowest BCUT2D eigenvalue weighted by atomic mass is 9.86. The predicted octanol–water partition coefficient (Wildman–Crippen LogP) is 3.47. The number of anilines is 1. The van der Waals surface area contributed by atoms with E-state index in [1.54, 1.807) is 0 Å². The van der Waals surface area contributed by atoms with E-state index in [0.29, 0.717) is 24.2 Å². The summed E-state index contributed by atoms with van der Waals surface area (Å²) in [5.41, 5.74) is 8.61. The average molecular weight is 381 g/mol. The fourth-order valence-electron chi connectivity index (χ4n) is 5.68. The molecule has 5 rings (SSSR count). The normalized spacial score (nSPS) is 30.5. The van der Waals surface area contributed by atoms with Gasteiger partial charge in [-0.3, -0.25) is 0 Å². The zero-order valence-corrected chi connectivity index (χ0v) is 16.6. The first-order valence-corrected chi connectivity index (χ1v) is 11.1. The van der Waals surface area contributed by atoms with Gasteiger partial charge in [-0.15, -0.1) is 0 Å². The van der Waals surface area contributed by atoms with Crippen molar-refractivity contribution in [3.63, 3.8) is 0 Å². The van der Waals surface area contributed by atoms with Crippen molar-refractivity contribution in [3.8, 4) is 5.88 Å². The summed E-state index contributed by atoms with van der Waals surface area (Å²) in [5, 5.41) is 16.2. The Morgan fingerprint density at radius 2 is 1.71 bits per heavy atom. The van der Waals surface area contributed by atoms with Crippen LogP contribution in [0.15, 0.2) is 24.4 Å². The minimum atomic E-state index is 0.155. The highest BCUT2D eigenvalue weighted by Crippen LogP contribution is 2.40. The number of benzene rings is 1. The van der Waals surface area contributed by atoms with E-state index in [4.69, 9.17) is 5.73 Å². The molecule has 2 fully saturated rings. The fraction of sp³-hybridized carbons (Fsp3) is 0.609. The second-order valence-corrected chi connectivity index (χ2v) is 9.03. The topological polar surface area (TPSA) is 74.4 Å². The molecule has 0 unspecified atom stereocenters. The van der Waals surface area contributed by atoms with Gasteiger partial charge in [-0.1, -0.05) is 6.07 Å². The molecule has 28 heavy (non-hydrogen) atoms. The molecule has 0 saturated heterocycles. The van der Waals surface area contributed by atoms with Gasteiger partial charge in [0.25, 0.3) is 0 Å². The molecule has 1 aromatic carbocycles. The molecule has 0 spiro atoms. The predicted molar refractivity (Wildman–Crippen MR) is 114 cm³/mol. The van der Waals surface area contributed by atoms with Crippen molar-refractivity contribution in [1.29, 1.82) is 0 Å². The molecule has 2 heterocycles. The zero-order chi connectivity index (χ0) is 19.1. The van der Waals surface area contributed by atoms with E-state index in [9.17, 15) is 5.11 Å². The summed E-state index contributed by atoms with van der Waals surface area (Å²) in [6.45, 7) is 1.06. The number of aromatic nitrogens is 1. The van der Waals surface area contributed by atoms with Crippen LogP contribution in [0.2, 0.25) is 0 Å². The van der Waals surface area contributed by atoms with Crippen molar-refractivity contribution in [3.05, 3.63) is 30.0 Å². The van der Waals surface area contributed by atoms with Gasteiger partial charge in [-0.25, -0.2) is 4.98 Å². The molecule has 3 aliphatic rings. The first-order valence-electron chi connectivity index (χ1n) is 11.1. The molecule has 2 aliphatic carbocycles. The second-order valence-electron chi connectivity index (χ2n) is 9.03. The van der Waals surface area contributed by atoms with E-state index in [1.807, 2.05) is 12.3 Å². The Morgan fingerprint density at radius 3 is 2.46 bits per heavy atom. The Kier molecular flexibility index (Phi) is 4.89. The number of rotatable bonds is 3. The van der Waals surface area contributed by atoms with Gasteiger partial charge >= 0.3 is 0 Å². The monoisotopic (exact) mass is 380 g/mol. The molecular formula is C23H32N4O. The van der Waals surface area contributed by atoms with Gasteiger partial charge in [0.05, 0.1) is 0 Å². The van der Waals surface area contributed by atoms with Crippen LogP contribution in [-0.2, 0) is 6.42 Å². The van der Waals surface area contributed by atoms with E-state index in [0.717, 1.165) is 18.4 Å². The number of nitrogens with zero attached hydrogens (tertiary/aromatic N) is 2. The van der Waals surface area contributed by atoms with Crippen LogP contribution >= 0.6 is 0 Å². The lowest BCUT2D eigenvalue weighted by Gasteiger charge is -2.42. The van der Waals surface area contributed by atoms with E-state index in [2.05, 4.69) is 27.3 Å². The Bertz CT molecular complexity index is 838. The highest BCUT2D eigenvalue weighted by atomic mass is 16.3. The molecular weight excluding hydrogens is 348 g/mol. The number of pyridine rings is 1. The Morgan fingerprint density at radius 1 is 1.00 bits per heavy atom. The molecule has 1 aromatic heterocycles. The summed E-state index contributed by atoms with van der Waals surface area (Å²) in [6.07, 6.45) is 12.7. The number of hydrogen-bond donors (Lipinski definition) is 3. The Balaban J connectivity index is 1.27. The van der Waals surface area contributed by atoms with Crippen molar-refractivity contribution in [1.82, 2.24) is 10.3 Å². The molecule has 4 N–H and O–H groups in total. The van der Waals surface area contributed by atoms with Crippen molar-refractivity contribution < 1.29 is 5.11 Å². The summed E-state index contributed by atoms with van der Waals surface area (Å²) in [6, 6.07) is 8.64. The zero-order valence-electron chi connectivity index (χ0n) is 16.6. The summed E-state index contributed by atoms with van der Waals surface area (Å²) >= 11 is 0. The molecule has 0 atom stereocenters. The van der Waals surface area contributed by atoms with Gasteiger partial charge in [0.1, 0.15) is 0 Å². The van der Waals surface area contributed by atoms with Gasteiger partial charge in [0.15, 0.2) is 0 Å². The lowest BCUT2D eigenvalue weighted by molar-refractivity contribution is 0.265. The minimum Gasteiger partial charge on any atom is -0.493 e. The van der Waals surface area contributed by atoms with Crippen molar-refractivity contribution in [2.45, 2.75) is 82.0 Å². The molecule has 5 heteroatoms. The maximum atomic E-state index is 10.2. The maximum Gasteiger partial charge on any atom is 0.218 e. The number of nitrogens with one attached hydrogen (secondary N) is 1. The Labute approximate surface area is 167 Å². The molecule has 0 amide bonds. The van der Waals surface area contributed by atoms with Crippen LogP contribution in [-0.4, -0.2) is 40.8 Å². The van der Waals surface area contributed by atoms with Crippen LogP contribution in [0.25, 0.3) is 10.8 Å². The average Bonchev–Trinajstić information content (AvgIpc) is 2.73. The Hall–Kier alpha value is -1.85. The van der Waals surface area contributed by atoms with E-state index in [-0.39, 0.29) is 5.88 Å². The van der Waals surface area contributed by atoms with Crippen LogP contribution in [0.4, 0.5) is 5.69 Å². The summed E-state index contributed by atoms with van der Waals surface area (Å²) in [7, 11) is 0. The van der Waals surface area contributed by atoms with Gasteiger partial charge in [-0.05, 0) is 75.5 Å². The third-order valence-electron chi connectivity index (χ3n) is 7.26. The number of hydrogen-bond acceptors (Lipinski definition) is 5. The third kappa shape index (κ3) is 3.35. The van der Waals surface area contributed by atoms with E-state index < -0.39 is 0 Å². The molecule has 2 saturated carbocycles. The third-order valence-corrected chi connectivity index (χ3v) is 7.26. The van der Waals surface area contributed by atoms with Gasteiger partial charge in [0.2, 0.25) is 5.88 Å². The highest BCUT2D eigenvalue weighted by molar-refractivity contribution is 6.00. The molecule has 150 valence electrons. The minimum absolute atomic E-state index is 0.155. The highest BCUT2D eigenvalue weighted by Gasteiger charge is 2.31. The van der Waals surface area contributed by atoms with Crippen LogP contribution in [0.1, 0.15) is 56.9 Å². The molecule has 5 nitrogen and oxygen atoms in total. The molecule has 1 aliphatic heterocycles. The number of nitrogens with two attached hydrogens (primary N) is 1. The summed E-state index contributed by atoms with van der Waals surface area (Å²) in [4.78, 5) is 6.78. The van der Waals surface area contributed by atoms with Gasteiger partial charge in [0, 0.05) is 53.4 Å². The SMILES string of the molecule is NC1CCC(NC2CCC(N3CCc4cnc(O)c5cccc3c45)CC2)CC1. The quantitative estimate of drug-likeness (QED) is 0.760. The standard InChI is InChI=1S/C23H32N4O/c24-16-4-6-17(7-5-16)26-18-8-10-19(11-9-18)27-13-12-15-14-25-23(28)20-2-1-3-21(27)22(15)20/h1-3,14,16-19,26H,4-13,24H2,(H,25,28). The van der Waals surface area contributed by atoms with Crippen molar-refractivity contribution >= 4 is 16.5 Å². The first-order chi connectivity index (χ1) is 13.7. The van der Waals surface area contributed by atoms with Crippen LogP contribution < -0.4 is 16.0 Å². The first kappa shape index (κ1) is 18.2. The number of aromatic hydroxyl groups is 1. The molecule has 2 aromatic rings. The van der Waals surface area contributed by atoms with Crippen molar-refractivity contribution in [2.24, 2.45) is 5.73 Å². The molecule has 0 bridgehead atoms. The van der Waals surface area contributed by atoms with Crippen LogP contribution in [0.5, 0.6) is 5.88 Å². The van der Waals surface area contributed by atoms with E-state index in [1.165, 1.54) is 68.0 Å². The van der Waals surface area contributed by atoms with Gasteiger partial charge in [-0.2, -0.15) is 0 Å². The van der Waals surface area contributed by atoms with Crippen LogP contribution in [0, 0.1) is 0 Å². The smallest absolute Gasteiger partial charge is 0.218 e. The molecule has 0 radical (unpaired) electrons. The van der Waals surface area contributed by atoms with Gasteiger partial charge < -0.3 is 21.1 Å². The summed E-state index contributed by atoms with van der Waals surface area (Å²) < 4.78 is 0. The maximum absolute atomic E-state index is 10.2. The second kappa shape index (κ2) is 7.53. The van der Waals surface area contributed by atoms with Crippen LogP contribution in [0.3, 0.4) is 0 Å². The van der Waals surface area contributed by atoms with E-state index >= 15 is 0 Å². The van der Waals surface area contributed by atoms with Crippen molar-refractivity contribution in [2.75, 3.05) is 11.4 Å². The lowest BCUT2D eigenvalue weighted by Crippen LogP contribution is -2.47. The summed E-state index contributed by atoms with van der Waals surface area (Å²) in [5.74, 6) is 0.155. The largest absolute Gasteiger partial charge is 0.493 e.